The fourth-order valence-electron chi connectivity index (χ4n) is 0.936. The Morgan fingerprint density at radius 1 is 1.43 bits per heavy atom. The van der Waals surface area contributed by atoms with Crippen molar-refractivity contribution in [3.63, 3.8) is 0 Å². The molecule has 72 valence electrons. The summed E-state index contributed by atoms with van der Waals surface area (Å²) < 4.78 is 0. The Kier molecular flexibility index (Phi) is 3.50. The third-order valence-corrected chi connectivity index (χ3v) is 1.64. The Balaban J connectivity index is 2.62. The first kappa shape index (κ1) is 10.1. The van der Waals surface area contributed by atoms with Crippen molar-refractivity contribution in [2.45, 2.75) is 6.92 Å². The van der Waals surface area contributed by atoms with Crippen LogP contribution in [0, 0.1) is 22.0 Å². The standard InChI is InChI=1S/C10H10N2O2/c1-2-3-8-11-9-4-6-10(7-5-9)12(13)14/h4-7,11H,8H2,1H3. The van der Waals surface area contributed by atoms with Crippen LogP contribution in [0.15, 0.2) is 24.3 Å². The maximum absolute atomic E-state index is 10.3. The van der Waals surface area contributed by atoms with Gasteiger partial charge < -0.3 is 5.32 Å². The predicted octanol–water partition coefficient (Wildman–Crippen LogP) is 2.03. The number of non-ortho nitro benzene ring substituents is 1. The van der Waals surface area contributed by atoms with Gasteiger partial charge in [0.2, 0.25) is 0 Å². The number of nitrogens with zero attached hydrogens (tertiary/aromatic N) is 1. The molecule has 0 aliphatic rings. The van der Waals surface area contributed by atoms with Gasteiger partial charge in [-0.1, -0.05) is 5.92 Å². The van der Waals surface area contributed by atoms with Crippen LogP contribution in [0.4, 0.5) is 11.4 Å². The largest absolute Gasteiger partial charge is 0.374 e. The number of nitro groups is 1. The summed E-state index contributed by atoms with van der Waals surface area (Å²) in [6.07, 6.45) is 0. The van der Waals surface area contributed by atoms with Crippen molar-refractivity contribution in [2.24, 2.45) is 0 Å². The quantitative estimate of drug-likeness (QED) is 0.450. The van der Waals surface area contributed by atoms with Crippen molar-refractivity contribution in [1.82, 2.24) is 0 Å². The van der Waals surface area contributed by atoms with Crippen molar-refractivity contribution in [2.75, 3.05) is 11.9 Å². The molecule has 0 unspecified atom stereocenters. The monoisotopic (exact) mass is 190 g/mol. The Labute approximate surface area is 82.1 Å². The lowest BCUT2D eigenvalue weighted by Gasteiger charge is -2.00. The highest BCUT2D eigenvalue weighted by Gasteiger charge is 2.02. The summed E-state index contributed by atoms with van der Waals surface area (Å²) in [7, 11) is 0. The molecule has 0 aromatic heterocycles. The number of benzene rings is 1. The molecular weight excluding hydrogens is 180 g/mol. The summed E-state index contributed by atoms with van der Waals surface area (Å²) >= 11 is 0. The maximum Gasteiger partial charge on any atom is 0.269 e. The van der Waals surface area contributed by atoms with Gasteiger partial charge in [0.1, 0.15) is 0 Å². The van der Waals surface area contributed by atoms with Gasteiger partial charge in [0.15, 0.2) is 0 Å². The van der Waals surface area contributed by atoms with Crippen LogP contribution in [-0.4, -0.2) is 11.5 Å². The lowest BCUT2D eigenvalue weighted by atomic mass is 10.3. The van der Waals surface area contributed by atoms with Gasteiger partial charge in [-0.2, -0.15) is 0 Å². The highest BCUT2D eigenvalue weighted by molar-refractivity contribution is 5.49. The Morgan fingerprint density at radius 2 is 2.07 bits per heavy atom. The summed E-state index contributed by atoms with van der Waals surface area (Å²) in [5.74, 6) is 5.59. The molecule has 0 saturated carbocycles. The van der Waals surface area contributed by atoms with Crippen LogP contribution in [0.25, 0.3) is 0 Å². The van der Waals surface area contributed by atoms with E-state index in [-0.39, 0.29) is 5.69 Å². The summed E-state index contributed by atoms with van der Waals surface area (Å²) in [5.41, 5.74) is 0.926. The average Bonchev–Trinajstić information content (AvgIpc) is 2.19. The van der Waals surface area contributed by atoms with Gasteiger partial charge in [-0.25, -0.2) is 0 Å². The van der Waals surface area contributed by atoms with E-state index in [0.717, 1.165) is 5.69 Å². The minimum Gasteiger partial charge on any atom is -0.374 e. The van der Waals surface area contributed by atoms with Gasteiger partial charge in [0, 0.05) is 17.8 Å². The van der Waals surface area contributed by atoms with E-state index in [9.17, 15) is 10.1 Å². The molecule has 0 heterocycles. The van der Waals surface area contributed by atoms with E-state index in [1.807, 2.05) is 0 Å². The Bertz CT molecular complexity index is 373. The van der Waals surface area contributed by atoms with Crippen LogP contribution in [0.1, 0.15) is 6.92 Å². The minimum atomic E-state index is -0.421. The van der Waals surface area contributed by atoms with Gasteiger partial charge in [-0.05, 0) is 19.1 Å². The third kappa shape index (κ3) is 2.79. The zero-order chi connectivity index (χ0) is 10.4. The van der Waals surface area contributed by atoms with E-state index >= 15 is 0 Å². The molecule has 1 N–H and O–H groups in total. The molecule has 0 aliphatic heterocycles. The number of rotatable bonds is 3. The molecule has 1 rings (SSSR count). The molecule has 14 heavy (non-hydrogen) atoms. The van der Waals surface area contributed by atoms with Crippen molar-refractivity contribution in [1.29, 1.82) is 0 Å². The molecule has 1 aromatic carbocycles. The Morgan fingerprint density at radius 3 is 2.57 bits per heavy atom. The molecule has 0 fully saturated rings. The van der Waals surface area contributed by atoms with Crippen LogP contribution < -0.4 is 5.32 Å². The molecule has 0 saturated heterocycles. The van der Waals surface area contributed by atoms with Gasteiger partial charge in [0.05, 0.1) is 11.5 Å². The number of nitrogens with one attached hydrogen (secondary N) is 1. The molecule has 0 aliphatic carbocycles. The average molecular weight is 190 g/mol. The zero-order valence-electron chi connectivity index (χ0n) is 7.78. The fraction of sp³-hybridized carbons (Fsp3) is 0.200. The first-order valence-electron chi connectivity index (χ1n) is 4.12. The van der Waals surface area contributed by atoms with Crippen molar-refractivity contribution < 1.29 is 4.92 Å². The van der Waals surface area contributed by atoms with Crippen molar-refractivity contribution in [3.8, 4) is 11.8 Å². The first-order chi connectivity index (χ1) is 6.74. The van der Waals surface area contributed by atoms with Crippen LogP contribution in [0.2, 0.25) is 0 Å². The van der Waals surface area contributed by atoms with E-state index in [1.165, 1.54) is 12.1 Å². The summed E-state index contributed by atoms with van der Waals surface area (Å²) in [5, 5.41) is 13.4. The van der Waals surface area contributed by atoms with Crippen LogP contribution in [0.3, 0.4) is 0 Å². The highest BCUT2D eigenvalue weighted by Crippen LogP contribution is 2.14. The normalized spacial score (nSPS) is 8.64. The second-order valence-corrected chi connectivity index (χ2v) is 2.58. The topological polar surface area (TPSA) is 55.2 Å². The van der Waals surface area contributed by atoms with Gasteiger partial charge in [0.25, 0.3) is 5.69 Å². The maximum atomic E-state index is 10.3. The summed E-state index contributed by atoms with van der Waals surface area (Å²) in [6, 6.07) is 6.24. The third-order valence-electron chi connectivity index (χ3n) is 1.64. The molecule has 4 nitrogen and oxygen atoms in total. The molecule has 0 bridgehead atoms. The SMILES string of the molecule is CC#CCNc1ccc([N+](=O)[O-])cc1. The smallest absolute Gasteiger partial charge is 0.269 e. The second kappa shape index (κ2) is 4.87. The van der Waals surface area contributed by atoms with E-state index in [1.54, 1.807) is 19.1 Å². The summed E-state index contributed by atoms with van der Waals surface area (Å²) in [4.78, 5) is 9.91. The number of hydrogen-bond acceptors (Lipinski definition) is 3. The van der Waals surface area contributed by atoms with Crippen LogP contribution >= 0.6 is 0 Å². The molecule has 0 atom stereocenters. The molecule has 0 radical (unpaired) electrons. The second-order valence-electron chi connectivity index (χ2n) is 2.58. The predicted molar refractivity (Wildman–Crippen MR) is 55.0 cm³/mol. The summed E-state index contributed by atoms with van der Waals surface area (Å²) in [6.45, 7) is 2.31. The van der Waals surface area contributed by atoms with Crippen molar-refractivity contribution in [3.05, 3.63) is 34.4 Å². The first-order valence-corrected chi connectivity index (χ1v) is 4.12. The van der Waals surface area contributed by atoms with E-state index < -0.39 is 4.92 Å². The molecule has 4 heteroatoms. The fourth-order valence-corrected chi connectivity index (χ4v) is 0.936. The number of nitro benzene ring substituents is 1. The zero-order valence-corrected chi connectivity index (χ0v) is 7.78. The van der Waals surface area contributed by atoms with Gasteiger partial charge in [-0.3, -0.25) is 10.1 Å². The molecular formula is C10H10N2O2. The van der Waals surface area contributed by atoms with Gasteiger partial charge >= 0.3 is 0 Å². The minimum absolute atomic E-state index is 0.0946. The van der Waals surface area contributed by atoms with Crippen LogP contribution in [0.5, 0.6) is 0 Å². The van der Waals surface area contributed by atoms with E-state index in [0.29, 0.717) is 6.54 Å². The van der Waals surface area contributed by atoms with Crippen molar-refractivity contribution >= 4 is 11.4 Å². The van der Waals surface area contributed by atoms with Crippen LogP contribution in [-0.2, 0) is 0 Å². The number of anilines is 1. The number of hydrogen-bond donors (Lipinski definition) is 1. The molecule has 0 amide bonds. The highest BCUT2D eigenvalue weighted by atomic mass is 16.6. The van der Waals surface area contributed by atoms with E-state index in [2.05, 4.69) is 17.2 Å². The molecule has 0 spiro atoms. The lowest BCUT2D eigenvalue weighted by Crippen LogP contribution is -1.98. The van der Waals surface area contributed by atoms with Gasteiger partial charge in [-0.15, -0.1) is 5.92 Å². The lowest BCUT2D eigenvalue weighted by molar-refractivity contribution is -0.384. The molecule has 1 aromatic rings. The van der Waals surface area contributed by atoms with E-state index in [4.69, 9.17) is 0 Å². The Hall–Kier alpha value is -2.02.